The molecule has 0 saturated carbocycles. The fraction of sp³-hybridized carbons (Fsp3) is 0.421. The highest BCUT2D eigenvalue weighted by Gasteiger charge is 2.22. The van der Waals surface area contributed by atoms with E-state index < -0.39 is 0 Å². The van der Waals surface area contributed by atoms with Gasteiger partial charge in [0, 0.05) is 13.1 Å². The van der Waals surface area contributed by atoms with E-state index in [4.69, 9.17) is 18.6 Å². The van der Waals surface area contributed by atoms with E-state index in [9.17, 15) is 4.79 Å². The number of nitrogens with zero attached hydrogens (tertiary/aromatic N) is 1. The smallest absolute Gasteiger partial charge is 0.254 e. The number of hydrogen-bond donors (Lipinski definition) is 1. The molecule has 1 aromatic heterocycles. The Morgan fingerprint density at radius 3 is 2.85 bits per heavy atom. The van der Waals surface area contributed by atoms with Crippen molar-refractivity contribution in [1.29, 1.82) is 0 Å². The fourth-order valence-corrected chi connectivity index (χ4v) is 3.03. The van der Waals surface area contributed by atoms with Crippen LogP contribution in [-0.2, 0) is 11.3 Å². The van der Waals surface area contributed by atoms with Crippen LogP contribution in [0.4, 0.5) is 0 Å². The van der Waals surface area contributed by atoms with E-state index >= 15 is 0 Å². The molecular weight excluding hydrogens is 336 g/mol. The van der Waals surface area contributed by atoms with Crippen LogP contribution < -0.4 is 14.8 Å². The summed E-state index contributed by atoms with van der Waals surface area (Å²) in [6.45, 7) is 4.70. The highest BCUT2D eigenvalue weighted by molar-refractivity contribution is 5.93. The van der Waals surface area contributed by atoms with Crippen molar-refractivity contribution in [3.63, 3.8) is 0 Å². The molecule has 2 aromatic rings. The maximum atomic E-state index is 12.3. The van der Waals surface area contributed by atoms with Crippen LogP contribution in [0.1, 0.15) is 16.1 Å². The van der Waals surface area contributed by atoms with Crippen LogP contribution in [-0.4, -0.2) is 56.4 Å². The first-order valence-electron chi connectivity index (χ1n) is 8.82. The zero-order valence-electron chi connectivity index (χ0n) is 14.5. The van der Waals surface area contributed by atoms with Gasteiger partial charge in [-0.1, -0.05) is 12.1 Å². The van der Waals surface area contributed by atoms with Crippen molar-refractivity contribution in [1.82, 2.24) is 10.2 Å². The summed E-state index contributed by atoms with van der Waals surface area (Å²) >= 11 is 0. The minimum absolute atomic E-state index is 0.176. The molecule has 7 heteroatoms. The predicted molar refractivity (Wildman–Crippen MR) is 93.5 cm³/mol. The number of carbonyl (C=O) groups is 1. The molecule has 0 spiro atoms. The minimum atomic E-state index is -0.214. The third-order valence-corrected chi connectivity index (χ3v) is 4.46. The molecule has 7 nitrogen and oxygen atoms in total. The molecule has 26 heavy (non-hydrogen) atoms. The van der Waals surface area contributed by atoms with Gasteiger partial charge in [-0.3, -0.25) is 9.69 Å². The van der Waals surface area contributed by atoms with Crippen LogP contribution in [0.2, 0.25) is 0 Å². The van der Waals surface area contributed by atoms with Crippen LogP contribution in [0.25, 0.3) is 0 Å². The topological polar surface area (TPSA) is 73.2 Å². The molecule has 1 atom stereocenters. The van der Waals surface area contributed by atoms with Gasteiger partial charge in [-0.15, -0.1) is 0 Å². The van der Waals surface area contributed by atoms with Crippen molar-refractivity contribution in [3.8, 4) is 11.5 Å². The van der Waals surface area contributed by atoms with Crippen LogP contribution in [0.3, 0.4) is 0 Å². The van der Waals surface area contributed by atoms with Gasteiger partial charge in [0.15, 0.2) is 11.5 Å². The molecule has 138 valence electrons. The summed E-state index contributed by atoms with van der Waals surface area (Å²) in [7, 11) is 0. The van der Waals surface area contributed by atoms with Gasteiger partial charge in [0.2, 0.25) is 0 Å². The zero-order valence-corrected chi connectivity index (χ0v) is 14.5. The van der Waals surface area contributed by atoms with Gasteiger partial charge in [0.25, 0.3) is 5.91 Å². The van der Waals surface area contributed by atoms with E-state index in [2.05, 4.69) is 10.2 Å². The molecule has 1 fully saturated rings. The lowest BCUT2D eigenvalue weighted by Gasteiger charge is -2.26. The summed E-state index contributed by atoms with van der Waals surface area (Å²) in [6, 6.07) is 9.31. The first kappa shape index (κ1) is 16.9. The van der Waals surface area contributed by atoms with Gasteiger partial charge in [-0.2, -0.15) is 0 Å². The van der Waals surface area contributed by atoms with Gasteiger partial charge in [-0.05, 0) is 18.2 Å². The van der Waals surface area contributed by atoms with Crippen LogP contribution in [0.5, 0.6) is 11.5 Å². The molecule has 1 saturated heterocycles. The number of benzene rings is 1. The number of hydrogen-bond acceptors (Lipinski definition) is 6. The van der Waals surface area contributed by atoms with E-state index in [0.717, 1.165) is 37.8 Å². The SMILES string of the molecule is O=C(NC[C@@H]1COc2ccccc2O1)c1coc(CN2CCOCC2)c1. The maximum absolute atomic E-state index is 12.3. The zero-order chi connectivity index (χ0) is 17.8. The molecule has 0 aliphatic carbocycles. The molecule has 1 N–H and O–H groups in total. The standard InChI is InChI=1S/C19H22N2O5/c22-19(14-9-15(24-12-14)11-21-5-7-23-8-6-21)20-10-16-13-25-17-3-1-2-4-18(17)26-16/h1-4,9,12,16H,5-8,10-11,13H2,(H,20,22)/t16-/m1/s1. The van der Waals surface area contributed by atoms with Gasteiger partial charge < -0.3 is 23.9 Å². The van der Waals surface area contributed by atoms with Gasteiger partial charge in [-0.25, -0.2) is 0 Å². The van der Waals surface area contributed by atoms with E-state index in [1.54, 1.807) is 6.07 Å². The molecule has 2 aliphatic rings. The maximum Gasteiger partial charge on any atom is 0.254 e. The average Bonchev–Trinajstić information content (AvgIpc) is 3.15. The minimum Gasteiger partial charge on any atom is -0.486 e. The van der Waals surface area contributed by atoms with Crippen molar-refractivity contribution >= 4 is 5.91 Å². The Morgan fingerprint density at radius 1 is 1.19 bits per heavy atom. The second kappa shape index (κ2) is 7.80. The van der Waals surface area contributed by atoms with E-state index in [0.29, 0.717) is 31.0 Å². The number of ether oxygens (including phenoxy) is 3. The summed E-state index contributed by atoms with van der Waals surface area (Å²) in [6.07, 6.45) is 1.28. The van der Waals surface area contributed by atoms with Gasteiger partial charge in [0.05, 0.1) is 31.9 Å². The third-order valence-electron chi connectivity index (χ3n) is 4.46. The fourth-order valence-electron chi connectivity index (χ4n) is 3.03. The molecule has 0 unspecified atom stereocenters. The molecule has 4 rings (SSSR count). The first-order chi connectivity index (χ1) is 12.8. The van der Waals surface area contributed by atoms with Crippen LogP contribution in [0.15, 0.2) is 41.0 Å². The summed E-state index contributed by atoms with van der Waals surface area (Å²) in [5, 5.41) is 2.88. The Morgan fingerprint density at radius 2 is 2.00 bits per heavy atom. The van der Waals surface area contributed by atoms with E-state index in [-0.39, 0.29) is 12.0 Å². The molecule has 2 aliphatic heterocycles. The summed E-state index contributed by atoms with van der Waals surface area (Å²) in [5.41, 5.74) is 0.519. The van der Waals surface area contributed by atoms with Crippen molar-refractivity contribution in [2.24, 2.45) is 0 Å². The molecule has 0 radical (unpaired) electrons. The molecule has 1 aromatic carbocycles. The van der Waals surface area contributed by atoms with E-state index in [1.807, 2.05) is 24.3 Å². The summed E-state index contributed by atoms with van der Waals surface area (Å²) < 4.78 is 22.4. The first-order valence-corrected chi connectivity index (χ1v) is 8.82. The summed E-state index contributed by atoms with van der Waals surface area (Å²) in [5.74, 6) is 2.04. The second-order valence-corrected chi connectivity index (χ2v) is 6.40. The Balaban J connectivity index is 1.27. The van der Waals surface area contributed by atoms with E-state index in [1.165, 1.54) is 6.26 Å². The normalized spacial score (nSPS) is 19.9. The predicted octanol–water partition coefficient (Wildman–Crippen LogP) is 1.68. The molecular formula is C19H22N2O5. The Hall–Kier alpha value is -2.51. The molecule has 1 amide bonds. The van der Waals surface area contributed by atoms with Crippen molar-refractivity contribution in [2.45, 2.75) is 12.6 Å². The summed E-state index contributed by atoms with van der Waals surface area (Å²) in [4.78, 5) is 14.6. The Bertz CT molecular complexity index is 754. The Labute approximate surface area is 151 Å². The largest absolute Gasteiger partial charge is 0.486 e. The van der Waals surface area contributed by atoms with Crippen molar-refractivity contribution < 1.29 is 23.4 Å². The lowest BCUT2D eigenvalue weighted by Crippen LogP contribution is -2.40. The number of furan rings is 1. The van der Waals surface area contributed by atoms with Crippen molar-refractivity contribution in [2.75, 3.05) is 39.5 Å². The van der Waals surface area contributed by atoms with Crippen LogP contribution >= 0.6 is 0 Å². The molecule has 0 bridgehead atoms. The number of para-hydroxylation sites is 2. The second-order valence-electron chi connectivity index (χ2n) is 6.40. The number of carbonyl (C=O) groups excluding carboxylic acids is 1. The van der Waals surface area contributed by atoms with Crippen molar-refractivity contribution in [3.05, 3.63) is 47.9 Å². The highest BCUT2D eigenvalue weighted by atomic mass is 16.6. The lowest BCUT2D eigenvalue weighted by molar-refractivity contribution is 0.0313. The Kier molecular flexibility index (Phi) is 5.08. The number of amides is 1. The number of morpholine rings is 1. The monoisotopic (exact) mass is 358 g/mol. The average molecular weight is 358 g/mol. The van der Waals surface area contributed by atoms with Gasteiger partial charge >= 0.3 is 0 Å². The number of nitrogens with one attached hydrogen (secondary N) is 1. The number of fused-ring (bicyclic) bond motifs is 1. The van der Waals surface area contributed by atoms with Crippen LogP contribution in [0, 0.1) is 0 Å². The third kappa shape index (κ3) is 4.00. The lowest BCUT2D eigenvalue weighted by atomic mass is 10.2. The molecule has 3 heterocycles. The van der Waals surface area contributed by atoms with Gasteiger partial charge in [0.1, 0.15) is 24.7 Å². The number of rotatable bonds is 5. The highest BCUT2D eigenvalue weighted by Crippen LogP contribution is 2.30. The quantitative estimate of drug-likeness (QED) is 0.877.